The highest BCUT2D eigenvalue weighted by Gasteiger charge is 2.34. The summed E-state index contributed by atoms with van der Waals surface area (Å²) in [4.78, 5) is 16.0. The molecule has 0 saturated heterocycles. The highest BCUT2D eigenvalue weighted by molar-refractivity contribution is 5.91. The van der Waals surface area contributed by atoms with Gasteiger partial charge in [0.25, 0.3) is 0 Å². The van der Waals surface area contributed by atoms with Crippen LogP contribution in [0.5, 0.6) is 0 Å². The van der Waals surface area contributed by atoms with Crippen LogP contribution in [0.15, 0.2) is 76.0 Å². The first-order valence-corrected chi connectivity index (χ1v) is 13.9. The number of fused-ring (bicyclic) bond motifs is 2. The van der Waals surface area contributed by atoms with Crippen LogP contribution >= 0.6 is 0 Å². The first-order chi connectivity index (χ1) is 18.1. The van der Waals surface area contributed by atoms with Gasteiger partial charge in [0, 0.05) is 29.7 Å². The Labute approximate surface area is 226 Å². The van der Waals surface area contributed by atoms with E-state index in [4.69, 9.17) is 4.42 Å². The van der Waals surface area contributed by atoms with Crippen LogP contribution < -0.4 is 10.5 Å². The Hall–Kier alpha value is -3.59. The second kappa shape index (κ2) is 9.94. The third kappa shape index (κ3) is 4.49. The number of allylic oxidation sites excluding steroid dienone is 2. The van der Waals surface area contributed by atoms with Crippen LogP contribution in [-0.2, 0) is 5.41 Å². The number of benzene rings is 3. The van der Waals surface area contributed by atoms with Gasteiger partial charge < -0.3 is 9.32 Å². The Kier molecular flexibility index (Phi) is 6.81. The molecule has 0 N–H and O–H groups in total. The molecule has 0 spiro atoms. The minimum absolute atomic E-state index is 0.0606. The van der Waals surface area contributed by atoms with Gasteiger partial charge in [-0.3, -0.25) is 0 Å². The van der Waals surface area contributed by atoms with Crippen molar-refractivity contribution < 1.29 is 4.42 Å². The van der Waals surface area contributed by atoms with E-state index in [1.54, 1.807) is 0 Å². The maximum absolute atomic E-state index is 13.5. The quantitative estimate of drug-likeness (QED) is 0.254. The van der Waals surface area contributed by atoms with Crippen LogP contribution in [0, 0.1) is 0 Å². The molecule has 1 aliphatic rings. The van der Waals surface area contributed by atoms with E-state index in [1.807, 2.05) is 18.2 Å². The molecule has 2 heterocycles. The van der Waals surface area contributed by atoms with Gasteiger partial charge in [0.2, 0.25) is 0 Å². The minimum Gasteiger partial charge on any atom is -0.422 e. The molecule has 0 radical (unpaired) electrons. The van der Waals surface area contributed by atoms with Crippen LogP contribution in [-0.4, -0.2) is 13.1 Å². The van der Waals surface area contributed by atoms with E-state index in [0.29, 0.717) is 5.56 Å². The van der Waals surface area contributed by atoms with Crippen molar-refractivity contribution in [2.24, 2.45) is 0 Å². The SMILES string of the molecule is C/C=C(\C)c1cccc(-c2cccc(-c3cc4cc5c(c(C(C)C)c4oc3=O)N(CC)CCC5(C)C)c2)c1. The first kappa shape index (κ1) is 26.0. The minimum atomic E-state index is -0.284. The van der Waals surface area contributed by atoms with Crippen LogP contribution in [0.4, 0.5) is 5.69 Å². The van der Waals surface area contributed by atoms with Crippen molar-refractivity contribution in [1.82, 2.24) is 0 Å². The number of nitrogens with zero attached hydrogens (tertiary/aromatic N) is 1. The fourth-order valence-corrected chi connectivity index (χ4v) is 5.83. The second-order valence-electron chi connectivity index (χ2n) is 11.6. The van der Waals surface area contributed by atoms with Crippen molar-refractivity contribution in [1.29, 1.82) is 0 Å². The number of rotatable bonds is 5. The Morgan fingerprint density at radius 3 is 2.39 bits per heavy atom. The van der Waals surface area contributed by atoms with E-state index in [0.717, 1.165) is 52.7 Å². The summed E-state index contributed by atoms with van der Waals surface area (Å²) in [5.74, 6) is 0.237. The zero-order valence-electron chi connectivity index (χ0n) is 23.8. The molecule has 0 saturated carbocycles. The molecule has 0 atom stereocenters. The predicted molar refractivity (Wildman–Crippen MR) is 162 cm³/mol. The molecular weight excluding hydrogens is 466 g/mol. The summed E-state index contributed by atoms with van der Waals surface area (Å²) in [6.45, 7) is 17.4. The Balaban J connectivity index is 1.70. The van der Waals surface area contributed by atoms with Crippen LogP contribution in [0.2, 0.25) is 0 Å². The average molecular weight is 506 g/mol. The normalized spacial score (nSPS) is 15.3. The molecule has 1 aliphatic heterocycles. The molecule has 3 heteroatoms. The Morgan fingerprint density at radius 2 is 1.71 bits per heavy atom. The summed E-state index contributed by atoms with van der Waals surface area (Å²) in [5.41, 5.74) is 10.4. The monoisotopic (exact) mass is 505 g/mol. The highest BCUT2D eigenvalue weighted by atomic mass is 16.4. The number of hydrogen-bond acceptors (Lipinski definition) is 3. The lowest BCUT2D eigenvalue weighted by molar-refractivity contribution is 0.453. The van der Waals surface area contributed by atoms with Crippen LogP contribution in [0.25, 0.3) is 38.8 Å². The molecule has 1 aromatic heterocycles. The number of hydrogen-bond donors (Lipinski definition) is 0. The van der Waals surface area contributed by atoms with Gasteiger partial charge in [-0.25, -0.2) is 4.79 Å². The lowest BCUT2D eigenvalue weighted by atomic mass is 9.75. The molecule has 5 rings (SSSR count). The van der Waals surface area contributed by atoms with Gasteiger partial charge in [0.1, 0.15) is 5.58 Å². The topological polar surface area (TPSA) is 33.5 Å². The molecule has 0 fully saturated rings. The molecule has 4 aromatic rings. The zero-order chi connectivity index (χ0) is 27.2. The van der Waals surface area contributed by atoms with Gasteiger partial charge >= 0.3 is 5.63 Å². The van der Waals surface area contributed by atoms with Crippen LogP contribution in [0.1, 0.15) is 77.5 Å². The molecule has 3 nitrogen and oxygen atoms in total. The van der Waals surface area contributed by atoms with Gasteiger partial charge in [-0.2, -0.15) is 0 Å². The molecule has 3 aromatic carbocycles. The highest BCUT2D eigenvalue weighted by Crippen LogP contribution is 2.47. The van der Waals surface area contributed by atoms with Crippen molar-refractivity contribution in [3.05, 3.63) is 93.9 Å². The maximum Gasteiger partial charge on any atom is 0.344 e. The third-order valence-corrected chi connectivity index (χ3v) is 8.30. The van der Waals surface area contributed by atoms with E-state index in [1.165, 1.54) is 22.4 Å². The lowest BCUT2D eigenvalue weighted by Gasteiger charge is -2.42. The van der Waals surface area contributed by atoms with Gasteiger partial charge in [0.05, 0.1) is 5.56 Å². The van der Waals surface area contributed by atoms with Crippen molar-refractivity contribution in [2.45, 2.75) is 66.2 Å². The molecule has 0 bridgehead atoms. The lowest BCUT2D eigenvalue weighted by Crippen LogP contribution is -2.38. The largest absolute Gasteiger partial charge is 0.422 e. The molecule has 0 amide bonds. The summed E-state index contributed by atoms with van der Waals surface area (Å²) in [7, 11) is 0. The average Bonchev–Trinajstić information content (AvgIpc) is 2.91. The van der Waals surface area contributed by atoms with E-state index in [9.17, 15) is 4.79 Å². The third-order valence-electron chi connectivity index (χ3n) is 8.30. The van der Waals surface area contributed by atoms with E-state index in [2.05, 4.69) is 102 Å². The molecule has 38 heavy (non-hydrogen) atoms. The standard InChI is InChI=1S/C35H39NO2/c1-8-23(5)24-12-10-13-25(18-24)26-14-11-15-27(19-26)29-20-28-21-30-32(36(9-2)17-16-35(30,6)7)31(22(3)4)33(28)38-34(29)37/h8,10-15,18-22H,9,16-17H2,1-7H3/b23-8+. The number of anilines is 1. The summed E-state index contributed by atoms with van der Waals surface area (Å²) in [6.07, 6.45) is 3.23. The van der Waals surface area contributed by atoms with Crippen molar-refractivity contribution in [3.63, 3.8) is 0 Å². The second-order valence-corrected chi connectivity index (χ2v) is 11.6. The Bertz CT molecular complexity index is 1600. The van der Waals surface area contributed by atoms with E-state index >= 15 is 0 Å². The smallest absolute Gasteiger partial charge is 0.344 e. The molecule has 0 aliphatic carbocycles. The van der Waals surface area contributed by atoms with Gasteiger partial charge in [-0.1, -0.05) is 70.2 Å². The van der Waals surface area contributed by atoms with Gasteiger partial charge in [-0.05, 0) is 96.2 Å². The molecular formula is C35H39NO2. The summed E-state index contributed by atoms with van der Waals surface area (Å²) >= 11 is 0. The first-order valence-electron chi connectivity index (χ1n) is 13.9. The Morgan fingerprint density at radius 1 is 1.03 bits per heavy atom. The zero-order valence-corrected chi connectivity index (χ0v) is 23.8. The predicted octanol–water partition coefficient (Wildman–Crippen LogP) is 9.18. The molecule has 0 unspecified atom stereocenters. The fourth-order valence-electron chi connectivity index (χ4n) is 5.83. The van der Waals surface area contributed by atoms with Crippen molar-refractivity contribution in [3.8, 4) is 22.3 Å². The maximum atomic E-state index is 13.5. The van der Waals surface area contributed by atoms with Crippen molar-refractivity contribution >= 4 is 22.2 Å². The van der Waals surface area contributed by atoms with Gasteiger partial charge in [-0.15, -0.1) is 0 Å². The van der Waals surface area contributed by atoms with Gasteiger partial charge in [0.15, 0.2) is 0 Å². The summed E-state index contributed by atoms with van der Waals surface area (Å²) < 4.78 is 6.19. The van der Waals surface area contributed by atoms with Crippen LogP contribution in [0.3, 0.4) is 0 Å². The summed E-state index contributed by atoms with van der Waals surface area (Å²) in [6, 6.07) is 21.1. The summed E-state index contributed by atoms with van der Waals surface area (Å²) in [5, 5.41) is 1.00. The van der Waals surface area contributed by atoms with Crippen molar-refractivity contribution in [2.75, 3.05) is 18.0 Å². The molecule has 196 valence electrons. The van der Waals surface area contributed by atoms with E-state index in [-0.39, 0.29) is 17.0 Å². The van der Waals surface area contributed by atoms with E-state index < -0.39 is 0 Å². The fraction of sp³-hybridized carbons (Fsp3) is 0.343.